The summed E-state index contributed by atoms with van der Waals surface area (Å²) >= 11 is 0. The third-order valence-electron chi connectivity index (χ3n) is 3.24. The van der Waals surface area contributed by atoms with Crippen LogP contribution in [0.4, 0.5) is 0 Å². The van der Waals surface area contributed by atoms with Gasteiger partial charge in [0.15, 0.2) is 9.84 Å². The molecule has 0 saturated carbocycles. The lowest BCUT2D eigenvalue weighted by atomic mass is 10.2. The summed E-state index contributed by atoms with van der Waals surface area (Å²) in [7, 11) is -2.95. The van der Waals surface area contributed by atoms with Crippen LogP contribution in [0.1, 0.15) is 17.4 Å². The monoisotopic (exact) mass is 265 g/mol. The Morgan fingerprint density at radius 1 is 1.44 bits per heavy atom. The van der Waals surface area contributed by atoms with E-state index in [4.69, 9.17) is 0 Å². The van der Waals surface area contributed by atoms with Gasteiger partial charge in [-0.15, -0.1) is 0 Å². The van der Waals surface area contributed by atoms with Gasteiger partial charge in [0.1, 0.15) is 5.82 Å². The summed E-state index contributed by atoms with van der Waals surface area (Å²) in [6.07, 6.45) is 3.76. The van der Waals surface area contributed by atoms with Crippen LogP contribution in [-0.2, 0) is 9.84 Å². The van der Waals surface area contributed by atoms with E-state index in [1.54, 1.807) is 6.20 Å². The Morgan fingerprint density at radius 2 is 2.28 bits per heavy atom. The molecule has 0 radical (unpaired) electrons. The molecule has 1 aliphatic heterocycles. The summed E-state index contributed by atoms with van der Waals surface area (Å²) in [6.45, 7) is 2.50. The zero-order valence-electron chi connectivity index (χ0n) is 10.1. The summed E-state index contributed by atoms with van der Waals surface area (Å²) in [5.74, 6) is 1.11. The average Bonchev–Trinajstić information content (AvgIpc) is 2.70. The fourth-order valence-electron chi connectivity index (χ4n) is 2.32. The molecule has 0 bridgehead atoms. The van der Waals surface area contributed by atoms with Crippen molar-refractivity contribution in [2.75, 3.05) is 18.1 Å². The molecule has 0 amide bonds. The predicted octanol–water partition coefficient (Wildman–Crippen LogP) is 0.702. The van der Waals surface area contributed by atoms with E-state index < -0.39 is 9.84 Å². The summed E-state index contributed by atoms with van der Waals surface area (Å²) in [4.78, 5) is 4.36. The molecule has 5 nitrogen and oxygen atoms in total. The van der Waals surface area contributed by atoms with Gasteiger partial charge < -0.3 is 9.72 Å². The molecule has 1 unspecified atom stereocenters. The molecule has 1 aliphatic rings. The average molecular weight is 265 g/mol. The standard InChI is InChI=1S/C12H15N3O2S/c1-9-2-3-10-6-14-12(15(10)7-9)11-8-18(16,17)5-4-13-11/h2-3,6-7,11,13H,4-5,8H2,1H3. The highest BCUT2D eigenvalue weighted by atomic mass is 32.2. The summed E-state index contributed by atoms with van der Waals surface area (Å²) < 4.78 is 25.3. The van der Waals surface area contributed by atoms with Gasteiger partial charge >= 0.3 is 0 Å². The first-order valence-electron chi connectivity index (χ1n) is 5.93. The van der Waals surface area contributed by atoms with Crippen LogP contribution in [0.25, 0.3) is 5.52 Å². The number of fused-ring (bicyclic) bond motifs is 1. The fraction of sp³-hybridized carbons (Fsp3) is 0.417. The molecule has 3 rings (SSSR count). The molecule has 1 saturated heterocycles. The predicted molar refractivity (Wildman–Crippen MR) is 69.3 cm³/mol. The maximum atomic E-state index is 11.7. The number of nitrogens with one attached hydrogen (secondary N) is 1. The number of aromatic nitrogens is 2. The minimum atomic E-state index is -2.95. The van der Waals surface area contributed by atoms with E-state index in [9.17, 15) is 8.42 Å². The van der Waals surface area contributed by atoms with E-state index in [0.29, 0.717) is 6.54 Å². The lowest BCUT2D eigenvalue weighted by Gasteiger charge is -2.22. The van der Waals surface area contributed by atoms with E-state index in [1.807, 2.05) is 29.7 Å². The number of nitrogens with zero attached hydrogens (tertiary/aromatic N) is 2. The zero-order chi connectivity index (χ0) is 12.8. The maximum absolute atomic E-state index is 11.7. The molecule has 96 valence electrons. The smallest absolute Gasteiger partial charge is 0.153 e. The molecule has 1 fully saturated rings. The van der Waals surface area contributed by atoms with Gasteiger partial charge in [0.05, 0.1) is 29.3 Å². The van der Waals surface area contributed by atoms with Gasteiger partial charge in [-0.1, -0.05) is 6.07 Å². The molecule has 3 heterocycles. The molecular weight excluding hydrogens is 250 g/mol. The molecule has 0 spiro atoms. The molecule has 2 aromatic heterocycles. The normalized spacial score (nSPS) is 23.3. The first kappa shape index (κ1) is 11.7. The minimum absolute atomic E-state index is 0.125. The number of aryl methyl sites for hydroxylation is 1. The van der Waals surface area contributed by atoms with Gasteiger partial charge in [-0.2, -0.15) is 0 Å². The van der Waals surface area contributed by atoms with Crippen LogP contribution in [0.15, 0.2) is 24.5 Å². The van der Waals surface area contributed by atoms with Crippen molar-refractivity contribution in [3.05, 3.63) is 35.9 Å². The second-order valence-electron chi connectivity index (χ2n) is 4.74. The summed E-state index contributed by atoms with van der Waals surface area (Å²) in [5.41, 5.74) is 2.11. The SMILES string of the molecule is Cc1ccc2cnc(C3CS(=O)(=O)CCN3)n2c1. The molecule has 6 heteroatoms. The number of rotatable bonds is 1. The van der Waals surface area contributed by atoms with E-state index in [-0.39, 0.29) is 17.5 Å². The van der Waals surface area contributed by atoms with Crippen molar-refractivity contribution >= 4 is 15.4 Å². The molecule has 0 aliphatic carbocycles. The van der Waals surface area contributed by atoms with Gasteiger partial charge in [-0.25, -0.2) is 13.4 Å². The number of hydrogen-bond donors (Lipinski definition) is 1. The third kappa shape index (κ3) is 2.02. The van der Waals surface area contributed by atoms with Crippen LogP contribution in [0.2, 0.25) is 0 Å². The largest absolute Gasteiger partial charge is 0.305 e. The number of hydrogen-bond acceptors (Lipinski definition) is 4. The van der Waals surface area contributed by atoms with Crippen LogP contribution in [-0.4, -0.2) is 35.9 Å². The summed E-state index contributed by atoms with van der Waals surface area (Å²) in [6, 6.07) is 3.79. The Bertz CT molecular complexity index is 690. The Hall–Kier alpha value is -1.40. The van der Waals surface area contributed by atoms with Crippen molar-refractivity contribution in [3.8, 4) is 0 Å². The van der Waals surface area contributed by atoms with Gasteiger partial charge in [0.25, 0.3) is 0 Å². The lowest BCUT2D eigenvalue weighted by molar-refractivity contribution is 0.514. The molecule has 1 N–H and O–H groups in total. The topological polar surface area (TPSA) is 63.5 Å². The molecule has 2 aromatic rings. The van der Waals surface area contributed by atoms with E-state index in [2.05, 4.69) is 10.3 Å². The fourth-order valence-corrected chi connectivity index (χ4v) is 3.70. The highest BCUT2D eigenvalue weighted by molar-refractivity contribution is 7.91. The zero-order valence-corrected chi connectivity index (χ0v) is 10.9. The van der Waals surface area contributed by atoms with Gasteiger partial charge in [-0.3, -0.25) is 0 Å². The van der Waals surface area contributed by atoms with Crippen molar-refractivity contribution in [1.29, 1.82) is 0 Å². The first-order chi connectivity index (χ1) is 8.55. The Labute approximate surface area is 106 Å². The number of sulfone groups is 1. The van der Waals surface area contributed by atoms with Crippen molar-refractivity contribution in [2.45, 2.75) is 13.0 Å². The van der Waals surface area contributed by atoms with Crippen LogP contribution in [0, 0.1) is 6.92 Å². The van der Waals surface area contributed by atoms with E-state index >= 15 is 0 Å². The molecule has 0 aromatic carbocycles. The molecule has 1 atom stereocenters. The first-order valence-corrected chi connectivity index (χ1v) is 7.75. The maximum Gasteiger partial charge on any atom is 0.153 e. The summed E-state index contributed by atoms with van der Waals surface area (Å²) in [5, 5.41) is 3.23. The van der Waals surface area contributed by atoms with Crippen LogP contribution >= 0.6 is 0 Å². The van der Waals surface area contributed by atoms with Crippen LogP contribution in [0.3, 0.4) is 0 Å². The lowest BCUT2D eigenvalue weighted by Crippen LogP contribution is -2.40. The highest BCUT2D eigenvalue weighted by Gasteiger charge is 2.28. The van der Waals surface area contributed by atoms with Gasteiger partial charge in [0.2, 0.25) is 0 Å². The van der Waals surface area contributed by atoms with E-state index in [0.717, 1.165) is 16.9 Å². The second kappa shape index (κ2) is 4.07. The van der Waals surface area contributed by atoms with E-state index in [1.165, 1.54) is 0 Å². The van der Waals surface area contributed by atoms with Crippen molar-refractivity contribution in [3.63, 3.8) is 0 Å². The molecular formula is C12H15N3O2S. The number of imidazole rings is 1. The van der Waals surface area contributed by atoms with Gasteiger partial charge in [-0.05, 0) is 18.6 Å². The van der Waals surface area contributed by atoms with Crippen molar-refractivity contribution < 1.29 is 8.42 Å². The second-order valence-corrected chi connectivity index (χ2v) is 6.97. The molecule has 18 heavy (non-hydrogen) atoms. The Balaban J connectivity index is 2.06. The van der Waals surface area contributed by atoms with Crippen molar-refractivity contribution in [1.82, 2.24) is 14.7 Å². The quantitative estimate of drug-likeness (QED) is 0.824. The van der Waals surface area contributed by atoms with Gasteiger partial charge in [0, 0.05) is 12.7 Å². The third-order valence-corrected chi connectivity index (χ3v) is 4.91. The van der Waals surface area contributed by atoms with Crippen LogP contribution < -0.4 is 5.32 Å². The number of pyridine rings is 1. The van der Waals surface area contributed by atoms with Crippen LogP contribution in [0.5, 0.6) is 0 Å². The van der Waals surface area contributed by atoms with Crippen molar-refractivity contribution in [2.24, 2.45) is 0 Å². The minimum Gasteiger partial charge on any atom is -0.305 e. The Kier molecular flexibility index (Phi) is 2.64. The Morgan fingerprint density at radius 3 is 3.06 bits per heavy atom. The highest BCUT2D eigenvalue weighted by Crippen LogP contribution is 2.19.